The van der Waals surface area contributed by atoms with Crippen molar-refractivity contribution in [3.8, 4) is 5.75 Å². The van der Waals surface area contributed by atoms with Crippen molar-refractivity contribution in [2.24, 2.45) is 0 Å². The Balaban J connectivity index is 1.53. The summed E-state index contributed by atoms with van der Waals surface area (Å²) in [7, 11) is 0. The Hall–Kier alpha value is -2.12. The summed E-state index contributed by atoms with van der Waals surface area (Å²) >= 11 is 2.94. The topological polar surface area (TPSA) is 49.1 Å². The highest BCUT2D eigenvalue weighted by Crippen LogP contribution is 2.22. The largest absolute Gasteiger partial charge is 0.618 e. The summed E-state index contributed by atoms with van der Waals surface area (Å²) in [5.41, 5.74) is 0.904. The van der Waals surface area contributed by atoms with Gasteiger partial charge in [0.1, 0.15) is 23.2 Å². The van der Waals surface area contributed by atoms with Crippen molar-refractivity contribution in [3.63, 3.8) is 0 Å². The van der Waals surface area contributed by atoms with Crippen molar-refractivity contribution >= 4 is 23.1 Å². The van der Waals surface area contributed by atoms with Crippen LogP contribution >= 0.6 is 23.1 Å². The molecule has 7 heteroatoms. The minimum Gasteiger partial charge on any atom is -0.618 e. The molecule has 4 nitrogen and oxygen atoms in total. The van der Waals surface area contributed by atoms with E-state index in [-0.39, 0.29) is 5.82 Å². The van der Waals surface area contributed by atoms with Crippen molar-refractivity contribution < 1.29 is 13.9 Å². The number of aromatic nitrogens is 2. The van der Waals surface area contributed by atoms with Crippen LogP contribution < -0.4 is 9.47 Å². The van der Waals surface area contributed by atoms with Gasteiger partial charge in [0.05, 0.1) is 5.69 Å². The van der Waals surface area contributed by atoms with E-state index in [2.05, 4.69) is 4.98 Å². The van der Waals surface area contributed by atoms with Crippen LogP contribution in [0.3, 0.4) is 0 Å². The van der Waals surface area contributed by atoms with Crippen molar-refractivity contribution in [3.05, 3.63) is 75.8 Å². The van der Waals surface area contributed by atoms with Gasteiger partial charge in [0, 0.05) is 23.3 Å². The van der Waals surface area contributed by atoms with E-state index < -0.39 is 0 Å². The lowest BCUT2D eigenvalue weighted by molar-refractivity contribution is -0.645. The molecule has 0 unspecified atom stereocenters. The Morgan fingerprint density at radius 2 is 2.04 bits per heavy atom. The summed E-state index contributed by atoms with van der Waals surface area (Å²) in [6.45, 7) is 0.341. The van der Waals surface area contributed by atoms with Crippen LogP contribution in [0.2, 0.25) is 0 Å². The van der Waals surface area contributed by atoms with Crippen LogP contribution in [0.15, 0.2) is 59.1 Å². The molecule has 118 valence electrons. The maximum Gasteiger partial charge on any atom is 0.251 e. The number of rotatable bonds is 6. The van der Waals surface area contributed by atoms with Gasteiger partial charge in [-0.15, -0.1) is 11.3 Å². The summed E-state index contributed by atoms with van der Waals surface area (Å²) in [6, 6.07) is 11.2. The number of pyridine rings is 1. The molecule has 0 radical (unpaired) electrons. The van der Waals surface area contributed by atoms with Gasteiger partial charge >= 0.3 is 0 Å². The second-order valence-electron chi connectivity index (χ2n) is 4.63. The van der Waals surface area contributed by atoms with Gasteiger partial charge in [-0.3, -0.25) is 0 Å². The number of halogens is 1. The fourth-order valence-corrected chi connectivity index (χ4v) is 3.45. The third-order valence-corrected chi connectivity index (χ3v) is 4.85. The van der Waals surface area contributed by atoms with E-state index in [4.69, 9.17) is 4.74 Å². The standard InChI is InChI=1S/C16H13FN2O2S2/c17-12-4-6-14(7-5-12)21-9-15-18-13(10-22-15)11-23-16-3-1-2-8-19(16)20/h1-8,10H,9,11H2. The molecule has 0 amide bonds. The third kappa shape index (κ3) is 4.43. The van der Waals surface area contributed by atoms with E-state index in [0.29, 0.717) is 23.1 Å². The lowest BCUT2D eigenvalue weighted by Gasteiger charge is -2.03. The summed E-state index contributed by atoms with van der Waals surface area (Å²) in [4.78, 5) is 4.47. The second-order valence-corrected chi connectivity index (χ2v) is 6.57. The highest BCUT2D eigenvalue weighted by atomic mass is 32.2. The molecule has 0 spiro atoms. The zero-order valence-corrected chi connectivity index (χ0v) is 13.6. The van der Waals surface area contributed by atoms with Crippen molar-refractivity contribution in [2.45, 2.75) is 17.4 Å². The average Bonchev–Trinajstić information content (AvgIpc) is 3.02. The molecule has 0 N–H and O–H groups in total. The van der Waals surface area contributed by atoms with Crippen LogP contribution in [-0.4, -0.2) is 4.98 Å². The molecule has 1 aromatic carbocycles. The smallest absolute Gasteiger partial charge is 0.251 e. The van der Waals surface area contributed by atoms with E-state index in [1.54, 1.807) is 24.3 Å². The SMILES string of the molecule is [O-][n+]1ccccc1SCc1csc(COc2ccc(F)cc2)n1. The van der Waals surface area contributed by atoms with E-state index in [0.717, 1.165) is 15.4 Å². The van der Waals surface area contributed by atoms with Gasteiger partial charge in [0.15, 0.2) is 6.20 Å². The van der Waals surface area contributed by atoms with Crippen LogP contribution in [0, 0.1) is 11.0 Å². The van der Waals surface area contributed by atoms with Gasteiger partial charge < -0.3 is 9.94 Å². The zero-order chi connectivity index (χ0) is 16.1. The quantitative estimate of drug-likeness (QED) is 0.386. The van der Waals surface area contributed by atoms with Crippen LogP contribution in [0.25, 0.3) is 0 Å². The Morgan fingerprint density at radius 3 is 2.83 bits per heavy atom. The van der Waals surface area contributed by atoms with Gasteiger partial charge in [-0.25, -0.2) is 9.37 Å². The molecule has 23 heavy (non-hydrogen) atoms. The lowest BCUT2D eigenvalue weighted by Crippen LogP contribution is -2.27. The van der Waals surface area contributed by atoms with Gasteiger partial charge in [0.2, 0.25) is 0 Å². The first-order chi connectivity index (χ1) is 11.2. The van der Waals surface area contributed by atoms with Crippen molar-refractivity contribution in [1.29, 1.82) is 0 Å². The van der Waals surface area contributed by atoms with Gasteiger partial charge in [-0.2, -0.15) is 4.73 Å². The molecular formula is C16H13FN2O2S2. The molecule has 0 saturated carbocycles. The van der Waals surface area contributed by atoms with E-state index in [9.17, 15) is 9.60 Å². The molecule has 0 atom stereocenters. The number of thiazole rings is 1. The summed E-state index contributed by atoms with van der Waals surface area (Å²) in [5, 5.41) is 15.0. The molecule has 2 heterocycles. The summed E-state index contributed by atoms with van der Waals surface area (Å²) in [6.07, 6.45) is 1.48. The number of nitrogens with zero attached hydrogens (tertiary/aromatic N) is 2. The molecule has 2 aromatic heterocycles. The first-order valence-corrected chi connectivity index (χ1v) is 8.70. The number of benzene rings is 1. The monoisotopic (exact) mass is 348 g/mol. The molecule has 0 aliphatic carbocycles. The Kier molecular flexibility index (Phi) is 5.09. The highest BCUT2D eigenvalue weighted by molar-refractivity contribution is 7.98. The minimum atomic E-state index is -0.289. The number of hydrogen-bond donors (Lipinski definition) is 0. The van der Waals surface area contributed by atoms with Crippen LogP contribution in [0.5, 0.6) is 5.75 Å². The fourth-order valence-electron chi connectivity index (χ4n) is 1.83. The number of ether oxygens (including phenoxy) is 1. The summed E-state index contributed by atoms with van der Waals surface area (Å²) in [5.74, 6) is 0.941. The Bertz CT molecular complexity index is 778. The predicted octanol–water partition coefficient (Wildman–Crippen LogP) is 3.79. The summed E-state index contributed by atoms with van der Waals surface area (Å²) < 4.78 is 19.2. The molecule has 0 aliphatic rings. The molecule has 3 aromatic rings. The first-order valence-electron chi connectivity index (χ1n) is 6.83. The molecule has 0 saturated heterocycles. The normalized spacial score (nSPS) is 10.7. The van der Waals surface area contributed by atoms with Gasteiger partial charge in [0.25, 0.3) is 5.03 Å². The molecule has 0 fully saturated rings. The second kappa shape index (κ2) is 7.43. The zero-order valence-electron chi connectivity index (χ0n) is 12.0. The lowest BCUT2D eigenvalue weighted by atomic mass is 10.3. The van der Waals surface area contributed by atoms with Crippen molar-refractivity contribution in [1.82, 2.24) is 4.98 Å². The van der Waals surface area contributed by atoms with Gasteiger partial charge in [-0.1, -0.05) is 0 Å². The number of thioether (sulfide) groups is 1. The van der Waals surface area contributed by atoms with E-state index in [1.165, 1.54) is 41.4 Å². The molecule has 3 rings (SSSR count). The highest BCUT2D eigenvalue weighted by Gasteiger charge is 2.08. The molecular weight excluding hydrogens is 335 g/mol. The average molecular weight is 348 g/mol. The van der Waals surface area contributed by atoms with E-state index >= 15 is 0 Å². The Labute approximate surface area is 141 Å². The van der Waals surface area contributed by atoms with Crippen molar-refractivity contribution in [2.75, 3.05) is 0 Å². The van der Waals surface area contributed by atoms with Crippen LogP contribution in [0.4, 0.5) is 4.39 Å². The number of hydrogen-bond acceptors (Lipinski definition) is 5. The van der Waals surface area contributed by atoms with Crippen LogP contribution in [-0.2, 0) is 12.4 Å². The fraction of sp³-hybridized carbons (Fsp3) is 0.125. The predicted molar refractivity (Wildman–Crippen MR) is 87.8 cm³/mol. The third-order valence-electron chi connectivity index (χ3n) is 2.93. The Morgan fingerprint density at radius 1 is 1.22 bits per heavy atom. The van der Waals surface area contributed by atoms with Gasteiger partial charge in [-0.05, 0) is 42.1 Å². The first kappa shape index (κ1) is 15.8. The molecule has 0 aliphatic heterocycles. The minimum absolute atomic E-state index is 0.289. The van der Waals surface area contributed by atoms with Crippen LogP contribution in [0.1, 0.15) is 10.7 Å². The maximum atomic E-state index is 12.8. The molecule has 0 bridgehead atoms. The van der Waals surface area contributed by atoms with E-state index in [1.807, 2.05) is 11.4 Å². The maximum absolute atomic E-state index is 12.8.